The van der Waals surface area contributed by atoms with Crippen LogP contribution in [0.5, 0.6) is 5.75 Å². The summed E-state index contributed by atoms with van der Waals surface area (Å²) in [6.07, 6.45) is 5.94. The van der Waals surface area contributed by atoms with Crippen molar-refractivity contribution in [1.82, 2.24) is 4.90 Å². The molecule has 0 aromatic heterocycles. The molecule has 0 unspecified atom stereocenters. The Morgan fingerprint density at radius 1 is 1.10 bits per heavy atom. The Kier molecular flexibility index (Phi) is 5.87. The molecule has 1 amide bonds. The fourth-order valence-electron chi connectivity index (χ4n) is 2.54. The van der Waals surface area contributed by atoms with Gasteiger partial charge < -0.3 is 15.4 Å². The molecule has 0 bridgehead atoms. The Balaban J connectivity index is 1.87. The Morgan fingerprint density at radius 2 is 1.75 bits per heavy atom. The number of rotatable bonds is 4. The van der Waals surface area contributed by atoms with E-state index in [1.165, 1.54) is 19.3 Å². The largest absolute Gasteiger partial charge is 0.483 e. The highest BCUT2D eigenvalue weighted by atomic mass is 16.5. The number of hydrogen-bond donors (Lipinski definition) is 1. The average molecular weight is 276 g/mol. The Hall–Kier alpha value is -1.55. The van der Waals surface area contributed by atoms with Crippen LogP contribution in [-0.4, -0.2) is 30.5 Å². The maximum atomic E-state index is 12.2. The Labute approximate surface area is 120 Å². The minimum absolute atomic E-state index is 0.0822. The van der Waals surface area contributed by atoms with Gasteiger partial charge in [0.2, 0.25) is 0 Å². The van der Waals surface area contributed by atoms with Crippen LogP contribution in [0.1, 0.15) is 37.7 Å². The third-order valence-electron chi connectivity index (χ3n) is 3.75. The topological polar surface area (TPSA) is 55.6 Å². The van der Waals surface area contributed by atoms with Crippen molar-refractivity contribution in [3.63, 3.8) is 0 Å². The van der Waals surface area contributed by atoms with Crippen molar-refractivity contribution in [1.29, 1.82) is 0 Å². The van der Waals surface area contributed by atoms with Crippen LogP contribution >= 0.6 is 0 Å². The van der Waals surface area contributed by atoms with E-state index in [2.05, 4.69) is 0 Å². The van der Waals surface area contributed by atoms with Gasteiger partial charge in [0, 0.05) is 25.2 Å². The van der Waals surface area contributed by atoms with Gasteiger partial charge in [0.25, 0.3) is 5.91 Å². The van der Waals surface area contributed by atoms with Crippen molar-refractivity contribution in [2.75, 3.05) is 19.7 Å². The van der Waals surface area contributed by atoms with Gasteiger partial charge in [-0.25, -0.2) is 0 Å². The van der Waals surface area contributed by atoms with Gasteiger partial charge in [0.15, 0.2) is 6.61 Å². The highest BCUT2D eigenvalue weighted by Crippen LogP contribution is 2.17. The predicted octanol–water partition coefficient (Wildman–Crippen LogP) is 2.32. The summed E-state index contributed by atoms with van der Waals surface area (Å²) in [7, 11) is 0. The zero-order valence-corrected chi connectivity index (χ0v) is 12.0. The summed E-state index contributed by atoms with van der Waals surface area (Å²) in [4.78, 5) is 14.1. The molecule has 1 aromatic rings. The highest BCUT2D eigenvalue weighted by molar-refractivity contribution is 5.77. The van der Waals surface area contributed by atoms with Gasteiger partial charge in [-0.3, -0.25) is 4.79 Å². The SMILES string of the molecule is NCc1ccccc1OCC(=O)N1CCCCCCC1. The van der Waals surface area contributed by atoms with Gasteiger partial charge in [-0.1, -0.05) is 37.5 Å². The smallest absolute Gasteiger partial charge is 0.260 e. The van der Waals surface area contributed by atoms with E-state index in [1.54, 1.807) is 0 Å². The molecular formula is C16H24N2O2. The van der Waals surface area contributed by atoms with Crippen LogP contribution < -0.4 is 10.5 Å². The second kappa shape index (κ2) is 7.90. The summed E-state index contributed by atoms with van der Waals surface area (Å²) < 4.78 is 5.64. The average Bonchev–Trinajstić information content (AvgIpc) is 2.44. The van der Waals surface area contributed by atoms with E-state index in [1.807, 2.05) is 29.2 Å². The quantitative estimate of drug-likeness (QED) is 0.918. The number of nitrogens with zero attached hydrogens (tertiary/aromatic N) is 1. The monoisotopic (exact) mass is 276 g/mol. The number of benzene rings is 1. The number of amides is 1. The molecule has 0 aliphatic carbocycles. The zero-order valence-electron chi connectivity index (χ0n) is 12.0. The summed E-state index contributed by atoms with van der Waals surface area (Å²) in [6.45, 7) is 2.26. The Morgan fingerprint density at radius 3 is 2.45 bits per heavy atom. The summed E-state index contributed by atoms with van der Waals surface area (Å²) in [5, 5.41) is 0. The van der Waals surface area contributed by atoms with Gasteiger partial charge in [0.1, 0.15) is 5.75 Å². The number of carbonyl (C=O) groups excluding carboxylic acids is 1. The fourth-order valence-corrected chi connectivity index (χ4v) is 2.54. The molecule has 0 atom stereocenters. The van der Waals surface area contributed by atoms with E-state index in [-0.39, 0.29) is 12.5 Å². The molecule has 4 nitrogen and oxygen atoms in total. The van der Waals surface area contributed by atoms with Crippen molar-refractivity contribution in [2.24, 2.45) is 5.73 Å². The van der Waals surface area contributed by atoms with Gasteiger partial charge in [-0.05, 0) is 18.9 Å². The lowest BCUT2D eigenvalue weighted by Gasteiger charge is -2.25. The van der Waals surface area contributed by atoms with Crippen LogP contribution in [0.2, 0.25) is 0 Å². The van der Waals surface area contributed by atoms with Crippen LogP contribution in [0.3, 0.4) is 0 Å². The van der Waals surface area contributed by atoms with Crippen LogP contribution in [0.15, 0.2) is 24.3 Å². The molecule has 0 saturated carbocycles. The molecule has 1 saturated heterocycles. The van der Waals surface area contributed by atoms with Crippen LogP contribution in [0.4, 0.5) is 0 Å². The lowest BCUT2D eigenvalue weighted by Crippen LogP contribution is -2.37. The molecule has 110 valence electrons. The van der Waals surface area contributed by atoms with E-state index >= 15 is 0 Å². The van der Waals surface area contributed by atoms with Gasteiger partial charge in [-0.15, -0.1) is 0 Å². The lowest BCUT2D eigenvalue weighted by atomic mass is 10.1. The number of hydrogen-bond acceptors (Lipinski definition) is 3. The standard InChI is InChI=1S/C16H24N2O2/c17-12-14-8-4-5-9-15(14)20-13-16(19)18-10-6-2-1-3-7-11-18/h4-5,8-9H,1-3,6-7,10-13,17H2. The van der Waals surface area contributed by atoms with E-state index < -0.39 is 0 Å². The summed E-state index contributed by atoms with van der Waals surface area (Å²) in [6, 6.07) is 7.61. The molecule has 1 fully saturated rings. The molecule has 0 radical (unpaired) electrons. The predicted molar refractivity (Wildman–Crippen MR) is 79.5 cm³/mol. The number of likely N-dealkylation sites (tertiary alicyclic amines) is 1. The molecule has 1 aliphatic heterocycles. The van der Waals surface area contributed by atoms with Crippen LogP contribution in [-0.2, 0) is 11.3 Å². The second-order valence-corrected chi connectivity index (χ2v) is 5.25. The summed E-state index contributed by atoms with van der Waals surface area (Å²) in [5.41, 5.74) is 6.60. The lowest BCUT2D eigenvalue weighted by molar-refractivity contribution is -0.133. The van der Waals surface area contributed by atoms with E-state index in [9.17, 15) is 4.79 Å². The minimum Gasteiger partial charge on any atom is -0.483 e. The van der Waals surface area contributed by atoms with Crippen molar-refractivity contribution in [2.45, 2.75) is 38.6 Å². The third-order valence-corrected chi connectivity index (χ3v) is 3.75. The molecule has 20 heavy (non-hydrogen) atoms. The first kappa shape index (κ1) is 14.9. The van der Waals surface area contributed by atoms with E-state index in [0.29, 0.717) is 6.54 Å². The summed E-state index contributed by atoms with van der Waals surface area (Å²) >= 11 is 0. The number of nitrogens with two attached hydrogens (primary N) is 1. The molecule has 0 spiro atoms. The van der Waals surface area contributed by atoms with Crippen molar-refractivity contribution < 1.29 is 9.53 Å². The first-order valence-electron chi connectivity index (χ1n) is 7.50. The van der Waals surface area contributed by atoms with Crippen molar-refractivity contribution >= 4 is 5.91 Å². The van der Waals surface area contributed by atoms with Crippen molar-refractivity contribution in [3.05, 3.63) is 29.8 Å². The fraction of sp³-hybridized carbons (Fsp3) is 0.562. The molecule has 1 aromatic carbocycles. The molecule has 1 heterocycles. The maximum absolute atomic E-state index is 12.2. The van der Waals surface area contributed by atoms with Gasteiger partial charge in [-0.2, -0.15) is 0 Å². The number of para-hydroxylation sites is 1. The summed E-state index contributed by atoms with van der Waals surface area (Å²) in [5.74, 6) is 0.800. The molecule has 2 N–H and O–H groups in total. The highest BCUT2D eigenvalue weighted by Gasteiger charge is 2.15. The zero-order chi connectivity index (χ0) is 14.2. The van der Waals surface area contributed by atoms with E-state index in [0.717, 1.165) is 37.2 Å². The molecule has 1 aliphatic rings. The maximum Gasteiger partial charge on any atom is 0.260 e. The van der Waals surface area contributed by atoms with Crippen LogP contribution in [0, 0.1) is 0 Å². The normalized spacial score (nSPS) is 16.4. The number of ether oxygens (including phenoxy) is 1. The molecule has 2 rings (SSSR count). The first-order valence-corrected chi connectivity index (χ1v) is 7.50. The Bertz CT molecular complexity index is 426. The third kappa shape index (κ3) is 4.23. The molecular weight excluding hydrogens is 252 g/mol. The van der Waals surface area contributed by atoms with Gasteiger partial charge >= 0.3 is 0 Å². The van der Waals surface area contributed by atoms with Crippen LogP contribution in [0.25, 0.3) is 0 Å². The number of carbonyl (C=O) groups is 1. The van der Waals surface area contributed by atoms with E-state index in [4.69, 9.17) is 10.5 Å². The van der Waals surface area contributed by atoms with Crippen molar-refractivity contribution in [3.8, 4) is 5.75 Å². The molecule has 4 heteroatoms. The van der Waals surface area contributed by atoms with Gasteiger partial charge in [0.05, 0.1) is 0 Å². The minimum atomic E-state index is 0.0822. The second-order valence-electron chi connectivity index (χ2n) is 5.25. The first-order chi connectivity index (χ1) is 9.81.